The van der Waals surface area contributed by atoms with E-state index in [4.69, 9.17) is 5.11 Å². The number of hydrogen-bond donors (Lipinski definition) is 1. The van der Waals surface area contributed by atoms with Crippen molar-refractivity contribution in [2.75, 3.05) is 26.2 Å². The average molecular weight is 318 g/mol. The molecule has 0 aliphatic carbocycles. The summed E-state index contributed by atoms with van der Waals surface area (Å²) in [6.45, 7) is 5.82. The van der Waals surface area contributed by atoms with Gasteiger partial charge in [0.1, 0.15) is 0 Å². The van der Waals surface area contributed by atoms with Crippen molar-refractivity contribution in [1.82, 2.24) is 9.80 Å². The lowest BCUT2D eigenvalue weighted by atomic mass is 10.1. The molecule has 0 aromatic heterocycles. The van der Waals surface area contributed by atoms with Crippen molar-refractivity contribution in [2.45, 2.75) is 20.3 Å². The van der Waals surface area contributed by atoms with Crippen molar-refractivity contribution >= 4 is 17.8 Å². The van der Waals surface area contributed by atoms with E-state index in [0.717, 1.165) is 0 Å². The lowest BCUT2D eigenvalue weighted by Gasteiger charge is -2.19. The summed E-state index contributed by atoms with van der Waals surface area (Å²) in [5.41, 5.74) is 1.03. The Labute approximate surface area is 135 Å². The Morgan fingerprint density at radius 3 is 2.17 bits per heavy atom. The fourth-order valence-corrected chi connectivity index (χ4v) is 2.78. The summed E-state index contributed by atoms with van der Waals surface area (Å²) in [7, 11) is 0. The van der Waals surface area contributed by atoms with E-state index in [0.29, 0.717) is 37.2 Å². The van der Waals surface area contributed by atoms with Gasteiger partial charge in [-0.15, -0.1) is 0 Å². The topological polar surface area (TPSA) is 77.9 Å². The monoisotopic (exact) mass is 318 g/mol. The van der Waals surface area contributed by atoms with E-state index in [-0.39, 0.29) is 18.4 Å². The van der Waals surface area contributed by atoms with E-state index >= 15 is 0 Å². The maximum atomic E-state index is 12.4. The van der Waals surface area contributed by atoms with E-state index in [2.05, 4.69) is 0 Å². The van der Waals surface area contributed by atoms with Crippen molar-refractivity contribution < 1.29 is 19.5 Å². The van der Waals surface area contributed by atoms with Crippen LogP contribution in [0.4, 0.5) is 0 Å². The standard InChI is InChI=1S/C17H22N2O4/c1-3-18(4-2)15(20)12-5-7-13(8-6-12)16(21)19-10-9-14(11-19)17(22)23/h5-8,14H,3-4,9-11H2,1-2H3,(H,22,23). The highest BCUT2D eigenvalue weighted by Gasteiger charge is 2.31. The van der Waals surface area contributed by atoms with Crippen molar-refractivity contribution in [3.63, 3.8) is 0 Å². The molecule has 1 aliphatic rings. The molecule has 6 nitrogen and oxygen atoms in total. The van der Waals surface area contributed by atoms with Crippen LogP contribution in [0.15, 0.2) is 24.3 Å². The molecule has 1 aromatic carbocycles. The second-order valence-electron chi connectivity index (χ2n) is 5.63. The van der Waals surface area contributed by atoms with E-state index in [1.54, 1.807) is 34.1 Å². The first-order valence-corrected chi connectivity index (χ1v) is 7.89. The number of carbonyl (C=O) groups excluding carboxylic acids is 2. The average Bonchev–Trinajstić information content (AvgIpc) is 3.05. The number of rotatable bonds is 5. The third kappa shape index (κ3) is 3.70. The molecule has 1 atom stereocenters. The number of carbonyl (C=O) groups is 3. The predicted molar refractivity (Wildman–Crippen MR) is 85.3 cm³/mol. The molecule has 6 heteroatoms. The van der Waals surface area contributed by atoms with Gasteiger partial charge in [-0.05, 0) is 44.5 Å². The smallest absolute Gasteiger partial charge is 0.308 e. The Morgan fingerprint density at radius 1 is 1.13 bits per heavy atom. The van der Waals surface area contributed by atoms with Crippen LogP contribution in [-0.2, 0) is 4.79 Å². The zero-order valence-corrected chi connectivity index (χ0v) is 13.5. The van der Waals surface area contributed by atoms with Gasteiger partial charge in [0, 0.05) is 37.3 Å². The summed E-state index contributed by atoms with van der Waals surface area (Å²) >= 11 is 0. The summed E-state index contributed by atoms with van der Waals surface area (Å²) < 4.78 is 0. The van der Waals surface area contributed by atoms with Crippen LogP contribution in [0, 0.1) is 5.92 Å². The number of amides is 2. The lowest BCUT2D eigenvalue weighted by Crippen LogP contribution is -2.31. The molecule has 124 valence electrons. The quantitative estimate of drug-likeness (QED) is 0.896. The van der Waals surface area contributed by atoms with Crippen LogP contribution in [0.1, 0.15) is 41.0 Å². The zero-order valence-electron chi connectivity index (χ0n) is 13.5. The molecule has 0 bridgehead atoms. The normalized spacial score (nSPS) is 17.1. The van der Waals surface area contributed by atoms with Gasteiger partial charge in [-0.3, -0.25) is 14.4 Å². The maximum absolute atomic E-state index is 12.4. The first-order valence-electron chi connectivity index (χ1n) is 7.89. The molecule has 1 saturated heterocycles. The predicted octanol–water partition coefficient (Wildman–Crippen LogP) is 1.72. The summed E-state index contributed by atoms with van der Waals surface area (Å²) in [6, 6.07) is 6.57. The van der Waals surface area contributed by atoms with Gasteiger partial charge in [-0.1, -0.05) is 0 Å². The number of benzene rings is 1. The Morgan fingerprint density at radius 2 is 1.70 bits per heavy atom. The van der Waals surface area contributed by atoms with Crippen LogP contribution in [0.5, 0.6) is 0 Å². The number of aliphatic carboxylic acids is 1. The van der Waals surface area contributed by atoms with E-state index in [1.165, 1.54) is 0 Å². The van der Waals surface area contributed by atoms with Crippen LogP contribution in [0.3, 0.4) is 0 Å². The van der Waals surface area contributed by atoms with Crippen LogP contribution < -0.4 is 0 Å². The van der Waals surface area contributed by atoms with E-state index in [1.807, 2.05) is 13.8 Å². The molecule has 1 fully saturated rings. The molecule has 0 radical (unpaired) electrons. The van der Waals surface area contributed by atoms with Gasteiger partial charge < -0.3 is 14.9 Å². The van der Waals surface area contributed by atoms with Crippen molar-refractivity contribution in [3.8, 4) is 0 Å². The Kier molecular flexibility index (Phi) is 5.36. The Bertz CT molecular complexity index is 593. The van der Waals surface area contributed by atoms with Gasteiger partial charge >= 0.3 is 5.97 Å². The van der Waals surface area contributed by atoms with Crippen molar-refractivity contribution in [2.24, 2.45) is 5.92 Å². The fraction of sp³-hybridized carbons (Fsp3) is 0.471. The number of nitrogens with zero attached hydrogens (tertiary/aromatic N) is 2. The van der Waals surface area contributed by atoms with Gasteiger partial charge in [0.05, 0.1) is 5.92 Å². The number of carboxylic acid groups (broad SMARTS) is 1. The molecule has 0 spiro atoms. The van der Waals surface area contributed by atoms with Crippen LogP contribution in [0.25, 0.3) is 0 Å². The minimum atomic E-state index is -0.861. The number of likely N-dealkylation sites (tertiary alicyclic amines) is 1. The molecule has 1 N–H and O–H groups in total. The number of carboxylic acids is 1. The second-order valence-corrected chi connectivity index (χ2v) is 5.63. The largest absolute Gasteiger partial charge is 0.481 e. The first kappa shape index (κ1) is 17.0. The van der Waals surface area contributed by atoms with E-state index < -0.39 is 11.9 Å². The van der Waals surface area contributed by atoms with Gasteiger partial charge in [-0.25, -0.2) is 0 Å². The lowest BCUT2D eigenvalue weighted by molar-refractivity contribution is -0.141. The second kappa shape index (κ2) is 7.26. The third-order valence-electron chi connectivity index (χ3n) is 4.25. The molecule has 2 amide bonds. The minimum Gasteiger partial charge on any atom is -0.481 e. The summed E-state index contributed by atoms with van der Waals surface area (Å²) in [5.74, 6) is -1.58. The van der Waals surface area contributed by atoms with Crippen LogP contribution in [-0.4, -0.2) is 58.9 Å². The highest BCUT2D eigenvalue weighted by molar-refractivity contribution is 5.98. The summed E-state index contributed by atoms with van der Waals surface area (Å²) in [5, 5.41) is 9.00. The molecule has 1 unspecified atom stereocenters. The van der Waals surface area contributed by atoms with Gasteiger partial charge in [0.2, 0.25) is 0 Å². The molecular formula is C17H22N2O4. The molecule has 2 rings (SSSR count). The molecule has 0 saturated carbocycles. The van der Waals surface area contributed by atoms with Crippen LogP contribution in [0.2, 0.25) is 0 Å². The number of hydrogen-bond acceptors (Lipinski definition) is 3. The highest BCUT2D eigenvalue weighted by Crippen LogP contribution is 2.19. The highest BCUT2D eigenvalue weighted by atomic mass is 16.4. The zero-order chi connectivity index (χ0) is 17.0. The first-order chi connectivity index (χ1) is 11.0. The van der Waals surface area contributed by atoms with E-state index in [9.17, 15) is 14.4 Å². The summed E-state index contributed by atoms with van der Waals surface area (Å²) in [6.07, 6.45) is 0.486. The van der Waals surface area contributed by atoms with Gasteiger partial charge in [0.25, 0.3) is 11.8 Å². The molecule has 23 heavy (non-hydrogen) atoms. The Balaban J connectivity index is 2.06. The molecule has 1 heterocycles. The third-order valence-corrected chi connectivity index (χ3v) is 4.25. The van der Waals surface area contributed by atoms with Crippen molar-refractivity contribution in [3.05, 3.63) is 35.4 Å². The SMILES string of the molecule is CCN(CC)C(=O)c1ccc(C(=O)N2CCC(C(=O)O)C2)cc1. The minimum absolute atomic E-state index is 0.0545. The van der Waals surface area contributed by atoms with Gasteiger partial charge in [0.15, 0.2) is 0 Å². The maximum Gasteiger partial charge on any atom is 0.308 e. The van der Waals surface area contributed by atoms with Gasteiger partial charge in [-0.2, -0.15) is 0 Å². The summed E-state index contributed by atoms with van der Waals surface area (Å²) in [4.78, 5) is 38.8. The van der Waals surface area contributed by atoms with Crippen LogP contribution >= 0.6 is 0 Å². The molecular weight excluding hydrogens is 296 g/mol. The Hall–Kier alpha value is -2.37. The molecule has 1 aromatic rings. The van der Waals surface area contributed by atoms with Crippen molar-refractivity contribution in [1.29, 1.82) is 0 Å². The fourth-order valence-electron chi connectivity index (χ4n) is 2.78. The molecule has 1 aliphatic heterocycles.